The maximum Gasteiger partial charge on any atom is 0.379 e. The van der Waals surface area contributed by atoms with Crippen LogP contribution < -0.4 is 24.5 Å². The van der Waals surface area contributed by atoms with Crippen LogP contribution in [0, 0.1) is 0 Å². The molecule has 2 aromatic carbocycles. The summed E-state index contributed by atoms with van der Waals surface area (Å²) in [6, 6.07) is 16.8. The van der Waals surface area contributed by atoms with Gasteiger partial charge in [0.2, 0.25) is 5.76 Å². The number of carbonyl (C=O) groups excluding carboxylic acids is 2. The molecule has 0 N–H and O–H groups in total. The van der Waals surface area contributed by atoms with Crippen LogP contribution in [0.2, 0.25) is 0 Å². The number of nitrogens with zero attached hydrogens (tertiary/aromatic N) is 3. The van der Waals surface area contributed by atoms with Crippen LogP contribution >= 0.6 is 11.3 Å². The van der Waals surface area contributed by atoms with E-state index in [2.05, 4.69) is 4.99 Å². The number of hydrogen-bond donors (Lipinski definition) is 0. The number of anilines is 1. The average molecular weight is 558 g/mol. The minimum atomic E-state index is -0.775. The fraction of sp³-hybridized carbons (Fsp3) is 0.200. The van der Waals surface area contributed by atoms with Gasteiger partial charge in [-0.1, -0.05) is 35.6 Å². The zero-order valence-electron chi connectivity index (χ0n) is 22.4. The molecule has 0 fully saturated rings. The van der Waals surface area contributed by atoms with Gasteiger partial charge in [0.25, 0.3) is 5.56 Å². The number of rotatable bonds is 7. The zero-order chi connectivity index (χ0) is 28.4. The second-order valence-corrected chi connectivity index (χ2v) is 10.2. The van der Waals surface area contributed by atoms with E-state index in [1.807, 2.05) is 49.3 Å². The molecule has 0 saturated heterocycles. The van der Waals surface area contributed by atoms with Gasteiger partial charge in [-0.25, -0.2) is 14.6 Å². The van der Waals surface area contributed by atoms with E-state index in [1.165, 1.54) is 28.2 Å². The highest BCUT2D eigenvalue weighted by Crippen LogP contribution is 2.31. The Hall–Kier alpha value is -4.70. The molecular formula is C30H27N3O6S. The summed E-state index contributed by atoms with van der Waals surface area (Å²) in [5.74, 6) is -0.809. The number of allylic oxidation sites excluding steroid dienone is 1. The Balaban J connectivity index is 1.57. The highest BCUT2D eigenvalue weighted by atomic mass is 32.1. The molecule has 9 nitrogen and oxygen atoms in total. The summed E-state index contributed by atoms with van der Waals surface area (Å²) in [7, 11) is 3.93. The Bertz CT molecular complexity index is 1760. The quantitative estimate of drug-likeness (QED) is 0.252. The van der Waals surface area contributed by atoms with Crippen LogP contribution in [-0.2, 0) is 9.53 Å². The largest absolute Gasteiger partial charge is 0.463 e. The van der Waals surface area contributed by atoms with Crippen LogP contribution in [0.15, 0.2) is 92.4 Å². The number of carbonyl (C=O) groups is 2. The third-order valence-corrected chi connectivity index (χ3v) is 7.34. The lowest BCUT2D eigenvalue weighted by Gasteiger charge is -2.24. The van der Waals surface area contributed by atoms with Crippen LogP contribution in [0.25, 0.3) is 6.08 Å². The molecule has 204 valence electrons. The maximum absolute atomic E-state index is 13.8. The first-order valence-electron chi connectivity index (χ1n) is 12.6. The number of hydrogen-bond acceptors (Lipinski definition) is 9. The van der Waals surface area contributed by atoms with Crippen molar-refractivity contribution in [3.05, 3.63) is 115 Å². The van der Waals surface area contributed by atoms with Gasteiger partial charge in [0, 0.05) is 19.8 Å². The molecule has 0 radical (unpaired) electrons. The highest BCUT2D eigenvalue weighted by Gasteiger charge is 2.33. The second-order valence-electron chi connectivity index (χ2n) is 9.22. The zero-order valence-corrected chi connectivity index (χ0v) is 23.2. The Kier molecular flexibility index (Phi) is 7.52. The first kappa shape index (κ1) is 26.9. The number of furan rings is 1. The van der Waals surface area contributed by atoms with E-state index in [9.17, 15) is 14.4 Å². The van der Waals surface area contributed by atoms with Crippen molar-refractivity contribution in [2.45, 2.75) is 19.9 Å². The molecule has 2 aromatic heterocycles. The van der Waals surface area contributed by atoms with Gasteiger partial charge in [-0.15, -0.1) is 0 Å². The third-order valence-electron chi connectivity index (χ3n) is 6.35. The van der Waals surface area contributed by atoms with E-state index in [-0.39, 0.29) is 29.2 Å². The van der Waals surface area contributed by atoms with E-state index < -0.39 is 18.0 Å². The summed E-state index contributed by atoms with van der Waals surface area (Å²) in [4.78, 5) is 46.2. The Labute approximate surface area is 233 Å². The summed E-state index contributed by atoms with van der Waals surface area (Å²) < 4.78 is 17.8. The molecule has 1 aliphatic rings. The molecule has 0 saturated carbocycles. The molecule has 0 aliphatic carbocycles. The minimum Gasteiger partial charge on any atom is -0.463 e. The number of ether oxygens (including phenoxy) is 2. The van der Waals surface area contributed by atoms with Crippen molar-refractivity contribution >= 4 is 35.0 Å². The van der Waals surface area contributed by atoms with Crippen molar-refractivity contribution in [2.75, 3.05) is 25.6 Å². The minimum absolute atomic E-state index is 0.0794. The molecule has 1 unspecified atom stereocenters. The number of aromatic nitrogens is 1. The van der Waals surface area contributed by atoms with Crippen molar-refractivity contribution in [1.29, 1.82) is 0 Å². The van der Waals surface area contributed by atoms with E-state index in [4.69, 9.17) is 13.9 Å². The van der Waals surface area contributed by atoms with Gasteiger partial charge < -0.3 is 18.8 Å². The number of thiazole rings is 1. The molecule has 1 atom stereocenters. The molecule has 1 aliphatic heterocycles. The van der Waals surface area contributed by atoms with Crippen LogP contribution in [0.4, 0.5) is 5.69 Å². The predicted molar refractivity (Wildman–Crippen MR) is 151 cm³/mol. The Morgan fingerprint density at radius 1 is 1.07 bits per heavy atom. The van der Waals surface area contributed by atoms with E-state index >= 15 is 0 Å². The van der Waals surface area contributed by atoms with Gasteiger partial charge in [-0.3, -0.25) is 9.36 Å². The Morgan fingerprint density at radius 3 is 2.42 bits per heavy atom. The summed E-state index contributed by atoms with van der Waals surface area (Å²) in [6.07, 6.45) is 3.21. The average Bonchev–Trinajstić information content (AvgIpc) is 3.58. The van der Waals surface area contributed by atoms with Crippen molar-refractivity contribution in [1.82, 2.24) is 4.57 Å². The van der Waals surface area contributed by atoms with Crippen molar-refractivity contribution < 1.29 is 23.5 Å². The van der Waals surface area contributed by atoms with Gasteiger partial charge in [0.1, 0.15) is 5.75 Å². The molecule has 0 bridgehead atoms. The normalized spacial score (nSPS) is 14.9. The maximum atomic E-state index is 13.8. The monoisotopic (exact) mass is 557 g/mol. The molecule has 5 rings (SSSR count). The van der Waals surface area contributed by atoms with E-state index in [0.29, 0.717) is 20.6 Å². The van der Waals surface area contributed by atoms with Crippen molar-refractivity contribution in [2.24, 2.45) is 4.99 Å². The highest BCUT2D eigenvalue weighted by molar-refractivity contribution is 7.07. The topological polar surface area (TPSA) is 103 Å². The number of esters is 2. The van der Waals surface area contributed by atoms with Crippen LogP contribution in [0.3, 0.4) is 0 Å². The van der Waals surface area contributed by atoms with Gasteiger partial charge in [0.05, 0.1) is 34.7 Å². The summed E-state index contributed by atoms with van der Waals surface area (Å²) in [6.45, 7) is 3.63. The fourth-order valence-corrected chi connectivity index (χ4v) is 5.44. The molecule has 0 spiro atoms. The van der Waals surface area contributed by atoms with Gasteiger partial charge in [0.15, 0.2) is 4.80 Å². The lowest BCUT2D eigenvalue weighted by molar-refractivity contribution is -0.139. The first-order valence-corrected chi connectivity index (χ1v) is 13.4. The summed E-state index contributed by atoms with van der Waals surface area (Å²) in [5.41, 5.74) is 3.03. The third kappa shape index (κ3) is 5.26. The smallest absolute Gasteiger partial charge is 0.379 e. The van der Waals surface area contributed by atoms with Gasteiger partial charge in [-0.05, 0) is 67.4 Å². The van der Waals surface area contributed by atoms with Crippen LogP contribution in [0.1, 0.15) is 41.6 Å². The van der Waals surface area contributed by atoms with E-state index in [0.717, 1.165) is 11.3 Å². The lowest BCUT2D eigenvalue weighted by atomic mass is 9.96. The standard InChI is InChI=1S/C30H27N3O6S/c1-5-37-29(36)25-18(2)31-30-33(27(34)24(40-30)17-19-8-12-21(13-9-19)32(3)4)26(25)20-10-14-22(15-11-20)39-28(35)23-7-6-16-38-23/h6-17,26H,5H2,1-4H3/b24-17+. The van der Waals surface area contributed by atoms with Crippen molar-refractivity contribution in [3.8, 4) is 5.75 Å². The molecule has 10 heteroatoms. The summed E-state index contributed by atoms with van der Waals surface area (Å²) >= 11 is 1.26. The number of fused-ring (bicyclic) bond motifs is 1. The van der Waals surface area contributed by atoms with Gasteiger partial charge in [-0.2, -0.15) is 0 Å². The van der Waals surface area contributed by atoms with Crippen molar-refractivity contribution in [3.63, 3.8) is 0 Å². The molecule has 40 heavy (non-hydrogen) atoms. The second kappa shape index (κ2) is 11.2. The molecular weight excluding hydrogens is 530 g/mol. The lowest BCUT2D eigenvalue weighted by Crippen LogP contribution is -2.39. The van der Waals surface area contributed by atoms with Crippen LogP contribution in [-0.4, -0.2) is 37.2 Å². The molecule has 3 heterocycles. The Morgan fingerprint density at radius 2 is 1.80 bits per heavy atom. The predicted octanol–water partition coefficient (Wildman–Crippen LogP) is 3.68. The fourth-order valence-electron chi connectivity index (χ4n) is 4.40. The SMILES string of the molecule is CCOC(=O)C1=C(C)N=c2s/c(=C/c3ccc(N(C)C)cc3)c(=O)n2C1c1ccc(OC(=O)c2ccco2)cc1. The first-order chi connectivity index (χ1) is 19.3. The summed E-state index contributed by atoms with van der Waals surface area (Å²) in [5, 5.41) is 0. The van der Waals surface area contributed by atoms with E-state index in [1.54, 1.807) is 44.2 Å². The number of benzene rings is 2. The molecule has 0 amide bonds. The molecule has 4 aromatic rings. The van der Waals surface area contributed by atoms with Crippen LogP contribution in [0.5, 0.6) is 5.75 Å². The van der Waals surface area contributed by atoms with Gasteiger partial charge >= 0.3 is 11.9 Å².